The standard InChI is InChI=1S/C16H25BN2O2/c1-11(2)19-10-12-9-13(7-8-14(12)18)17-20-15(3,4)16(5,6)21-17/h7-11H,18H2,1-6H3. The molecule has 21 heavy (non-hydrogen) atoms. The minimum atomic E-state index is -0.373. The summed E-state index contributed by atoms with van der Waals surface area (Å²) in [5.74, 6) is 0. The quantitative estimate of drug-likeness (QED) is 0.528. The molecule has 0 spiro atoms. The van der Waals surface area contributed by atoms with Crippen molar-refractivity contribution in [2.45, 2.75) is 58.8 Å². The Morgan fingerprint density at radius 1 is 1.14 bits per heavy atom. The first-order valence-corrected chi connectivity index (χ1v) is 7.40. The van der Waals surface area contributed by atoms with Crippen LogP contribution in [0.4, 0.5) is 5.69 Å². The van der Waals surface area contributed by atoms with E-state index in [0.717, 1.165) is 11.0 Å². The van der Waals surface area contributed by atoms with Crippen LogP contribution in [0.2, 0.25) is 0 Å². The molecule has 0 radical (unpaired) electrons. The van der Waals surface area contributed by atoms with E-state index < -0.39 is 0 Å². The van der Waals surface area contributed by atoms with Gasteiger partial charge in [-0.1, -0.05) is 12.1 Å². The molecule has 0 saturated carbocycles. The molecule has 1 fully saturated rings. The molecule has 1 aromatic rings. The Morgan fingerprint density at radius 2 is 1.71 bits per heavy atom. The van der Waals surface area contributed by atoms with Crippen LogP contribution >= 0.6 is 0 Å². The number of nitrogen functional groups attached to an aromatic ring is 1. The first kappa shape index (κ1) is 16.1. The van der Waals surface area contributed by atoms with Gasteiger partial charge in [0.15, 0.2) is 0 Å². The SMILES string of the molecule is CC(C)N=Cc1cc(B2OC(C)(C)C(C)(C)O2)ccc1N. The summed E-state index contributed by atoms with van der Waals surface area (Å²) < 4.78 is 12.1. The van der Waals surface area contributed by atoms with E-state index in [0.29, 0.717) is 5.69 Å². The highest BCUT2D eigenvalue weighted by molar-refractivity contribution is 6.62. The maximum Gasteiger partial charge on any atom is 0.494 e. The van der Waals surface area contributed by atoms with Gasteiger partial charge >= 0.3 is 7.12 Å². The monoisotopic (exact) mass is 288 g/mol. The van der Waals surface area contributed by atoms with E-state index in [1.807, 2.05) is 66.0 Å². The molecule has 0 bridgehead atoms. The van der Waals surface area contributed by atoms with Gasteiger partial charge in [0.2, 0.25) is 0 Å². The fourth-order valence-electron chi connectivity index (χ4n) is 2.06. The molecular weight excluding hydrogens is 263 g/mol. The third-order valence-electron chi connectivity index (χ3n) is 4.15. The summed E-state index contributed by atoms with van der Waals surface area (Å²) in [5, 5.41) is 0. The zero-order valence-electron chi connectivity index (χ0n) is 13.8. The molecule has 0 amide bonds. The lowest BCUT2D eigenvalue weighted by molar-refractivity contribution is 0.00578. The zero-order valence-corrected chi connectivity index (χ0v) is 13.8. The number of nitrogens with two attached hydrogens (primary N) is 1. The second-order valence-corrected chi connectivity index (χ2v) is 6.85. The zero-order chi connectivity index (χ0) is 15.8. The number of nitrogens with zero attached hydrogens (tertiary/aromatic N) is 1. The molecule has 4 nitrogen and oxygen atoms in total. The van der Waals surface area contributed by atoms with Crippen molar-refractivity contribution in [2.24, 2.45) is 4.99 Å². The molecule has 0 unspecified atom stereocenters. The Labute approximate surface area is 127 Å². The summed E-state index contributed by atoms with van der Waals surface area (Å²) in [6.07, 6.45) is 1.81. The van der Waals surface area contributed by atoms with Crippen LogP contribution in [0, 0.1) is 0 Å². The number of anilines is 1. The van der Waals surface area contributed by atoms with Gasteiger partial charge in [-0.2, -0.15) is 0 Å². The smallest absolute Gasteiger partial charge is 0.399 e. The number of hydrogen-bond donors (Lipinski definition) is 1. The molecule has 0 atom stereocenters. The summed E-state index contributed by atoms with van der Waals surface area (Å²) in [6.45, 7) is 12.3. The second-order valence-electron chi connectivity index (χ2n) is 6.85. The van der Waals surface area contributed by atoms with Crippen LogP contribution in [-0.4, -0.2) is 30.6 Å². The van der Waals surface area contributed by atoms with Gasteiger partial charge in [0.05, 0.1) is 11.2 Å². The second kappa shape index (κ2) is 5.46. The van der Waals surface area contributed by atoms with Gasteiger partial charge in [0, 0.05) is 23.5 Å². The molecule has 1 heterocycles. The molecule has 1 saturated heterocycles. The third kappa shape index (κ3) is 3.30. The van der Waals surface area contributed by atoms with Crippen LogP contribution in [-0.2, 0) is 9.31 Å². The van der Waals surface area contributed by atoms with Crippen molar-refractivity contribution < 1.29 is 9.31 Å². The molecule has 1 aliphatic heterocycles. The highest BCUT2D eigenvalue weighted by Gasteiger charge is 2.51. The van der Waals surface area contributed by atoms with Crippen LogP contribution in [0.1, 0.15) is 47.1 Å². The maximum atomic E-state index is 6.06. The van der Waals surface area contributed by atoms with Gasteiger partial charge in [-0.15, -0.1) is 0 Å². The Kier molecular flexibility index (Phi) is 4.18. The van der Waals surface area contributed by atoms with E-state index >= 15 is 0 Å². The average Bonchev–Trinajstić information content (AvgIpc) is 2.57. The maximum absolute atomic E-state index is 6.06. The Bertz CT molecular complexity index is 537. The van der Waals surface area contributed by atoms with Crippen molar-refractivity contribution in [3.05, 3.63) is 23.8 Å². The largest absolute Gasteiger partial charge is 0.494 e. The highest BCUT2D eigenvalue weighted by atomic mass is 16.7. The van der Waals surface area contributed by atoms with Crippen LogP contribution in [0.25, 0.3) is 0 Å². The predicted molar refractivity (Wildman–Crippen MR) is 89.3 cm³/mol. The lowest BCUT2D eigenvalue weighted by atomic mass is 9.78. The lowest BCUT2D eigenvalue weighted by Gasteiger charge is -2.32. The molecule has 5 heteroatoms. The van der Waals surface area contributed by atoms with Gasteiger partial charge in [-0.3, -0.25) is 4.99 Å². The van der Waals surface area contributed by atoms with E-state index in [1.54, 1.807) is 0 Å². The van der Waals surface area contributed by atoms with Crippen molar-refractivity contribution in [3.8, 4) is 0 Å². The van der Waals surface area contributed by atoms with E-state index in [-0.39, 0.29) is 24.4 Å². The molecule has 1 aliphatic rings. The number of hydrogen-bond acceptors (Lipinski definition) is 4. The average molecular weight is 288 g/mol. The fraction of sp³-hybridized carbons (Fsp3) is 0.562. The summed E-state index contributed by atoms with van der Waals surface area (Å²) in [5.41, 5.74) is 7.90. The Hall–Kier alpha value is -1.33. The van der Waals surface area contributed by atoms with E-state index in [1.165, 1.54) is 0 Å². The predicted octanol–water partition coefficient (Wildman–Crippen LogP) is 2.40. The van der Waals surface area contributed by atoms with Crippen molar-refractivity contribution in [3.63, 3.8) is 0 Å². The van der Waals surface area contributed by atoms with Crippen molar-refractivity contribution in [1.82, 2.24) is 0 Å². The first-order valence-electron chi connectivity index (χ1n) is 7.40. The van der Waals surface area contributed by atoms with E-state index in [2.05, 4.69) is 4.99 Å². The fourth-order valence-corrected chi connectivity index (χ4v) is 2.06. The molecule has 2 N–H and O–H groups in total. The van der Waals surface area contributed by atoms with Crippen molar-refractivity contribution in [2.75, 3.05) is 5.73 Å². The summed E-state index contributed by atoms with van der Waals surface area (Å²) in [7, 11) is -0.373. The number of aliphatic imine (C=N–C) groups is 1. The van der Waals surface area contributed by atoms with Crippen LogP contribution in [0.15, 0.2) is 23.2 Å². The van der Waals surface area contributed by atoms with Gasteiger partial charge in [0.25, 0.3) is 0 Å². The molecule has 0 aliphatic carbocycles. The third-order valence-corrected chi connectivity index (χ3v) is 4.15. The summed E-state index contributed by atoms with van der Waals surface area (Å²) in [6, 6.07) is 6.06. The van der Waals surface area contributed by atoms with Gasteiger partial charge in [-0.05, 0) is 53.1 Å². The van der Waals surface area contributed by atoms with Gasteiger partial charge in [0.1, 0.15) is 0 Å². The van der Waals surface area contributed by atoms with Crippen LogP contribution < -0.4 is 11.2 Å². The van der Waals surface area contributed by atoms with Gasteiger partial charge < -0.3 is 15.0 Å². The molecular formula is C16H25BN2O2. The summed E-state index contributed by atoms with van der Waals surface area (Å²) >= 11 is 0. The topological polar surface area (TPSA) is 56.8 Å². The van der Waals surface area contributed by atoms with E-state index in [9.17, 15) is 0 Å². The van der Waals surface area contributed by atoms with E-state index in [4.69, 9.17) is 15.0 Å². The first-order chi connectivity index (χ1) is 9.62. The Balaban J connectivity index is 2.28. The lowest BCUT2D eigenvalue weighted by Crippen LogP contribution is -2.41. The molecule has 2 rings (SSSR count). The molecule has 0 aromatic heterocycles. The molecule has 1 aromatic carbocycles. The number of benzene rings is 1. The van der Waals surface area contributed by atoms with Crippen LogP contribution in [0.3, 0.4) is 0 Å². The number of rotatable bonds is 3. The highest BCUT2D eigenvalue weighted by Crippen LogP contribution is 2.36. The minimum Gasteiger partial charge on any atom is -0.399 e. The van der Waals surface area contributed by atoms with Crippen molar-refractivity contribution in [1.29, 1.82) is 0 Å². The normalized spacial score (nSPS) is 20.6. The minimum absolute atomic E-state index is 0.241. The van der Waals surface area contributed by atoms with Crippen molar-refractivity contribution >= 4 is 24.5 Å². The summed E-state index contributed by atoms with van der Waals surface area (Å²) in [4.78, 5) is 4.39. The molecule has 114 valence electrons. The van der Waals surface area contributed by atoms with Gasteiger partial charge in [-0.25, -0.2) is 0 Å². The van der Waals surface area contributed by atoms with Crippen LogP contribution in [0.5, 0.6) is 0 Å². The Morgan fingerprint density at radius 3 is 2.24 bits per heavy atom.